The number of carbonyl (C=O) groups is 1. The van der Waals surface area contributed by atoms with Gasteiger partial charge in [-0.1, -0.05) is 32.9 Å². The van der Waals surface area contributed by atoms with E-state index in [0.717, 1.165) is 17.7 Å². The summed E-state index contributed by atoms with van der Waals surface area (Å²) in [5, 5.41) is 0. The average Bonchev–Trinajstić information content (AvgIpc) is 2.65. The fraction of sp³-hybridized carbons (Fsp3) is 0.381. The average molecular weight is 398 g/mol. The summed E-state index contributed by atoms with van der Waals surface area (Å²) < 4.78 is 64.9. The topological polar surface area (TPSA) is 35.5 Å². The number of ether oxygens (including phenoxy) is 2. The highest BCUT2D eigenvalue weighted by molar-refractivity contribution is 5.72. The van der Waals surface area contributed by atoms with E-state index >= 15 is 0 Å². The number of carbonyl (C=O) groups excluding carboxylic acids is 1. The molecule has 3 nitrogen and oxygen atoms in total. The molecule has 0 bridgehead atoms. The Labute approximate surface area is 161 Å². The van der Waals surface area contributed by atoms with Crippen LogP contribution in [0.1, 0.15) is 49.4 Å². The van der Waals surface area contributed by atoms with E-state index in [1.807, 2.05) is 6.92 Å². The Morgan fingerprint density at radius 1 is 1.00 bits per heavy atom. The maximum absolute atomic E-state index is 14.1. The summed E-state index contributed by atoms with van der Waals surface area (Å²) in [5.41, 5.74) is 0.151. The number of benzene rings is 2. The van der Waals surface area contributed by atoms with Gasteiger partial charge in [-0.15, -0.1) is 0 Å². The standard InChI is InChI=1S/C21H22F4O3/c1-4-13-8-7-9-18(28-20(26)6-3)15(13)12-27-19-11-17(22)14(5-2)10-16(19)21(23,24)25/h7-11H,4-6,12H2,1-3H3. The Balaban J connectivity index is 2.41. The maximum atomic E-state index is 14.1. The summed E-state index contributed by atoms with van der Waals surface area (Å²) >= 11 is 0. The van der Waals surface area contributed by atoms with Crippen molar-refractivity contribution >= 4 is 5.97 Å². The van der Waals surface area contributed by atoms with Gasteiger partial charge >= 0.3 is 12.1 Å². The van der Waals surface area contributed by atoms with Crippen LogP contribution in [0.4, 0.5) is 17.6 Å². The molecule has 28 heavy (non-hydrogen) atoms. The number of aryl methyl sites for hydroxylation is 2. The van der Waals surface area contributed by atoms with Crippen LogP contribution in [0.2, 0.25) is 0 Å². The fourth-order valence-corrected chi connectivity index (χ4v) is 2.76. The first-order chi connectivity index (χ1) is 13.2. The van der Waals surface area contributed by atoms with E-state index in [4.69, 9.17) is 9.47 Å². The second-order valence-corrected chi connectivity index (χ2v) is 6.15. The molecule has 0 aliphatic heterocycles. The molecule has 2 aromatic rings. The Kier molecular flexibility index (Phi) is 7.05. The third-order valence-electron chi connectivity index (χ3n) is 4.33. The van der Waals surface area contributed by atoms with Crippen molar-refractivity contribution in [2.75, 3.05) is 0 Å². The summed E-state index contributed by atoms with van der Waals surface area (Å²) in [4.78, 5) is 11.6. The highest BCUT2D eigenvalue weighted by atomic mass is 19.4. The van der Waals surface area contributed by atoms with Crippen molar-refractivity contribution in [1.82, 2.24) is 0 Å². The monoisotopic (exact) mass is 398 g/mol. The molecule has 0 aliphatic rings. The van der Waals surface area contributed by atoms with Crippen LogP contribution < -0.4 is 9.47 Å². The van der Waals surface area contributed by atoms with Crippen molar-refractivity contribution in [3.05, 3.63) is 58.4 Å². The van der Waals surface area contributed by atoms with E-state index in [2.05, 4.69) is 0 Å². The van der Waals surface area contributed by atoms with Crippen molar-refractivity contribution in [2.45, 2.75) is 52.8 Å². The first-order valence-corrected chi connectivity index (χ1v) is 9.05. The van der Waals surface area contributed by atoms with Crippen LogP contribution in [0.15, 0.2) is 30.3 Å². The fourth-order valence-electron chi connectivity index (χ4n) is 2.76. The molecule has 0 saturated heterocycles. The second-order valence-electron chi connectivity index (χ2n) is 6.15. The number of halogens is 4. The van der Waals surface area contributed by atoms with Crippen molar-refractivity contribution in [3.8, 4) is 11.5 Å². The molecule has 7 heteroatoms. The highest BCUT2D eigenvalue weighted by Gasteiger charge is 2.35. The van der Waals surface area contributed by atoms with Gasteiger partial charge in [0.1, 0.15) is 23.9 Å². The number of alkyl halides is 3. The van der Waals surface area contributed by atoms with Gasteiger partial charge < -0.3 is 9.47 Å². The van der Waals surface area contributed by atoms with Crippen LogP contribution in [0.5, 0.6) is 11.5 Å². The van der Waals surface area contributed by atoms with E-state index in [1.54, 1.807) is 32.0 Å². The van der Waals surface area contributed by atoms with E-state index < -0.39 is 29.3 Å². The Bertz CT molecular complexity index is 844. The smallest absolute Gasteiger partial charge is 0.419 e. The zero-order valence-corrected chi connectivity index (χ0v) is 16.0. The minimum atomic E-state index is -4.69. The maximum Gasteiger partial charge on any atom is 0.419 e. The lowest BCUT2D eigenvalue weighted by atomic mass is 10.0. The number of esters is 1. The number of hydrogen-bond acceptors (Lipinski definition) is 3. The molecular formula is C21H22F4O3. The molecule has 0 atom stereocenters. The predicted molar refractivity (Wildman–Crippen MR) is 96.9 cm³/mol. The van der Waals surface area contributed by atoms with Gasteiger partial charge in [-0.25, -0.2) is 4.39 Å². The van der Waals surface area contributed by atoms with Gasteiger partial charge in [0.15, 0.2) is 0 Å². The van der Waals surface area contributed by atoms with Crippen LogP contribution in [0, 0.1) is 5.82 Å². The summed E-state index contributed by atoms with van der Waals surface area (Å²) in [6, 6.07) is 6.55. The van der Waals surface area contributed by atoms with Gasteiger partial charge in [0.25, 0.3) is 0 Å². The molecule has 2 rings (SSSR count). The van der Waals surface area contributed by atoms with Crippen molar-refractivity contribution < 1.29 is 31.8 Å². The van der Waals surface area contributed by atoms with Gasteiger partial charge in [0.05, 0.1) is 5.56 Å². The second kappa shape index (κ2) is 9.08. The molecular weight excluding hydrogens is 376 g/mol. The molecule has 0 saturated carbocycles. The van der Waals surface area contributed by atoms with Gasteiger partial charge in [-0.3, -0.25) is 4.79 Å². The van der Waals surface area contributed by atoms with Crippen molar-refractivity contribution in [3.63, 3.8) is 0 Å². The molecule has 0 spiro atoms. The summed E-state index contributed by atoms with van der Waals surface area (Å²) in [7, 11) is 0. The molecule has 0 amide bonds. The molecule has 0 radical (unpaired) electrons. The van der Waals surface area contributed by atoms with Crippen LogP contribution >= 0.6 is 0 Å². The molecule has 2 aromatic carbocycles. The Hall–Kier alpha value is -2.57. The van der Waals surface area contributed by atoms with Gasteiger partial charge in [0.2, 0.25) is 0 Å². The summed E-state index contributed by atoms with van der Waals surface area (Å²) in [5.74, 6) is -1.60. The minimum absolute atomic E-state index is 0.0359. The highest BCUT2D eigenvalue weighted by Crippen LogP contribution is 2.38. The van der Waals surface area contributed by atoms with Gasteiger partial charge in [-0.2, -0.15) is 13.2 Å². The van der Waals surface area contributed by atoms with E-state index in [0.29, 0.717) is 12.0 Å². The quantitative estimate of drug-likeness (QED) is 0.333. The molecule has 0 fully saturated rings. The van der Waals surface area contributed by atoms with E-state index in [1.165, 1.54) is 0 Å². The zero-order chi connectivity index (χ0) is 20.9. The Morgan fingerprint density at radius 2 is 1.68 bits per heavy atom. The number of rotatable bonds is 7. The van der Waals surface area contributed by atoms with Crippen LogP contribution in [-0.2, 0) is 30.4 Å². The minimum Gasteiger partial charge on any atom is -0.488 e. The normalized spacial score (nSPS) is 11.4. The van der Waals surface area contributed by atoms with Gasteiger partial charge in [-0.05, 0) is 36.1 Å². The SMILES string of the molecule is CCC(=O)Oc1cccc(CC)c1COc1cc(F)c(CC)cc1C(F)(F)F. The van der Waals surface area contributed by atoms with Crippen LogP contribution in [0.3, 0.4) is 0 Å². The number of hydrogen-bond donors (Lipinski definition) is 0. The van der Waals surface area contributed by atoms with Gasteiger partial charge in [0, 0.05) is 18.1 Å². The van der Waals surface area contributed by atoms with E-state index in [9.17, 15) is 22.4 Å². The first kappa shape index (κ1) is 21.7. The summed E-state index contributed by atoms with van der Waals surface area (Å²) in [6.07, 6.45) is -3.84. The van der Waals surface area contributed by atoms with Crippen LogP contribution in [-0.4, -0.2) is 5.97 Å². The van der Waals surface area contributed by atoms with E-state index in [-0.39, 0.29) is 30.8 Å². The predicted octanol–water partition coefficient (Wildman–Crippen LogP) is 5.86. The molecule has 0 N–H and O–H groups in total. The largest absolute Gasteiger partial charge is 0.488 e. The lowest BCUT2D eigenvalue weighted by molar-refractivity contribution is -0.139. The zero-order valence-electron chi connectivity index (χ0n) is 16.0. The third kappa shape index (κ3) is 5.03. The van der Waals surface area contributed by atoms with Crippen molar-refractivity contribution in [2.24, 2.45) is 0 Å². The van der Waals surface area contributed by atoms with Crippen LogP contribution in [0.25, 0.3) is 0 Å². The first-order valence-electron chi connectivity index (χ1n) is 9.05. The molecule has 0 aliphatic carbocycles. The summed E-state index contributed by atoms with van der Waals surface area (Å²) in [6.45, 7) is 4.78. The Morgan fingerprint density at radius 3 is 2.25 bits per heavy atom. The molecule has 152 valence electrons. The lowest BCUT2D eigenvalue weighted by Gasteiger charge is -2.18. The third-order valence-corrected chi connectivity index (χ3v) is 4.33. The molecule has 0 heterocycles. The molecule has 0 unspecified atom stereocenters. The van der Waals surface area contributed by atoms with Crippen molar-refractivity contribution in [1.29, 1.82) is 0 Å². The molecule has 0 aromatic heterocycles. The lowest BCUT2D eigenvalue weighted by Crippen LogP contribution is -2.13.